The first-order valence-electron chi connectivity index (χ1n) is 6.08. The van der Waals surface area contributed by atoms with Gasteiger partial charge in [-0.15, -0.1) is 11.3 Å². The summed E-state index contributed by atoms with van der Waals surface area (Å²) in [5.74, 6) is 0.307. The molecule has 0 spiro atoms. The molecule has 1 aromatic heterocycles. The topological polar surface area (TPSA) is 20.3 Å². The van der Waals surface area contributed by atoms with Crippen LogP contribution in [0.2, 0.25) is 0 Å². The SMILES string of the molecule is CC1CCCN1CCCC(=O)c1cccs1. The first kappa shape index (κ1) is 11.8. The van der Waals surface area contributed by atoms with Gasteiger partial charge in [0.15, 0.2) is 5.78 Å². The Balaban J connectivity index is 1.70. The van der Waals surface area contributed by atoms with Crippen LogP contribution < -0.4 is 0 Å². The van der Waals surface area contributed by atoms with Gasteiger partial charge in [-0.3, -0.25) is 4.79 Å². The quantitative estimate of drug-likeness (QED) is 0.733. The highest BCUT2D eigenvalue weighted by Crippen LogP contribution is 2.18. The van der Waals surface area contributed by atoms with Crippen molar-refractivity contribution >= 4 is 17.1 Å². The van der Waals surface area contributed by atoms with Crippen molar-refractivity contribution in [3.05, 3.63) is 22.4 Å². The summed E-state index contributed by atoms with van der Waals surface area (Å²) in [5, 5.41) is 1.97. The molecular formula is C13H19NOS. The number of rotatable bonds is 5. The predicted octanol–water partition coefficient (Wildman–Crippen LogP) is 3.20. The first-order chi connectivity index (χ1) is 7.77. The summed E-state index contributed by atoms with van der Waals surface area (Å²) in [6.45, 7) is 4.58. The van der Waals surface area contributed by atoms with Crippen LogP contribution in [-0.4, -0.2) is 29.8 Å². The van der Waals surface area contributed by atoms with Gasteiger partial charge in [0.1, 0.15) is 0 Å². The molecule has 0 aromatic carbocycles. The lowest BCUT2D eigenvalue weighted by Crippen LogP contribution is -2.28. The lowest BCUT2D eigenvalue weighted by molar-refractivity contribution is 0.0978. The molecule has 0 saturated carbocycles. The van der Waals surface area contributed by atoms with Gasteiger partial charge >= 0.3 is 0 Å². The Bertz CT molecular complexity index is 334. The van der Waals surface area contributed by atoms with Crippen LogP contribution in [0.1, 0.15) is 42.3 Å². The van der Waals surface area contributed by atoms with Crippen molar-refractivity contribution in [1.82, 2.24) is 4.90 Å². The Morgan fingerprint density at radius 2 is 2.50 bits per heavy atom. The third-order valence-electron chi connectivity index (χ3n) is 3.34. The Labute approximate surface area is 101 Å². The number of carbonyl (C=O) groups excluding carboxylic acids is 1. The van der Waals surface area contributed by atoms with E-state index in [4.69, 9.17) is 0 Å². The van der Waals surface area contributed by atoms with Crippen molar-refractivity contribution < 1.29 is 4.79 Å². The van der Waals surface area contributed by atoms with Gasteiger partial charge in [-0.1, -0.05) is 6.07 Å². The van der Waals surface area contributed by atoms with Gasteiger partial charge < -0.3 is 4.90 Å². The van der Waals surface area contributed by atoms with Gasteiger partial charge in [0, 0.05) is 12.5 Å². The van der Waals surface area contributed by atoms with Gasteiger partial charge in [0.2, 0.25) is 0 Å². The van der Waals surface area contributed by atoms with Gasteiger partial charge in [-0.25, -0.2) is 0 Å². The summed E-state index contributed by atoms with van der Waals surface area (Å²) >= 11 is 1.55. The van der Waals surface area contributed by atoms with Crippen molar-refractivity contribution in [2.75, 3.05) is 13.1 Å². The maximum atomic E-state index is 11.8. The zero-order valence-corrected chi connectivity index (χ0v) is 10.6. The number of thiophene rings is 1. The van der Waals surface area contributed by atoms with Crippen LogP contribution in [0.4, 0.5) is 0 Å². The maximum Gasteiger partial charge on any atom is 0.172 e. The smallest absolute Gasteiger partial charge is 0.172 e. The van der Waals surface area contributed by atoms with Gasteiger partial charge in [-0.05, 0) is 50.7 Å². The largest absolute Gasteiger partial charge is 0.301 e. The number of hydrogen-bond acceptors (Lipinski definition) is 3. The van der Waals surface area contributed by atoms with E-state index >= 15 is 0 Å². The molecule has 2 nitrogen and oxygen atoms in total. The van der Waals surface area contributed by atoms with Crippen molar-refractivity contribution in [2.45, 2.75) is 38.6 Å². The molecule has 88 valence electrons. The minimum atomic E-state index is 0.307. The van der Waals surface area contributed by atoms with Crippen molar-refractivity contribution in [3.63, 3.8) is 0 Å². The van der Waals surface area contributed by atoms with Crippen molar-refractivity contribution in [2.24, 2.45) is 0 Å². The molecule has 0 N–H and O–H groups in total. The zero-order valence-electron chi connectivity index (χ0n) is 9.82. The number of carbonyl (C=O) groups is 1. The fraction of sp³-hybridized carbons (Fsp3) is 0.615. The average molecular weight is 237 g/mol. The third kappa shape index (κ3) is 2.92. The van der Waals surface area contributed by atoms with E-state index in [1.165, 1.54) is 19.4 Å². The van der Waals surface area contributed by atoms with Crippen LogP contribution >= 0.6 is 11.3 Å². The van der Waals surface area contributed by atoms with Gasteiger partial charge in [0.05, 0.1) is 4.88 Å². The molecule has 0 bridgehead atoms. The summed E-state index contributed by atoms with van der Waals surface area (Å²) in [5.41, 5.74) is 0. The van der Waals surface area contributed by atoms with E-state index in [1.54, 1.807) is 11.3 Å². The normalized spacial score (nSPS) is 21.4. The molecule has 1 aliphatic heterocycles. The molecule has 2 heterocycles. The lowest BCUT2D eigenvalue weighted by atomic mass is 10.2. The highest BCUT2D eigenvalue weighted by Gasteiger charge is 2.19. The van der Waals surface area contributed by atoms with E-state index < -0.39 is 0 Å². The van der Waals surface area contributed by atoms with E-state index in [1.807, 2.05) is 17.5 Å². The molecule has 1 atom stereocenters. The van der Waals surface area contributed by atoms with Crippen molar-refractivity contribution in [3.8, 4) is 0 Å². The average Bonchev–Trinajstić information content (AvgIpc) is 2.90. The van der Waals surface area contributed by atoms with Gasteiger partial charge in [0.25, 0.3) is 0 Å². The van der Waals surface area contributed by atoms with E-state index in [0.717, 1.165) is 23.9 Å². The second-order valence-corrected chi connectivity index (χ2v) is 5.48. The molecule has 1 saturated heterocycles. The Morgan fingerprint density at radius 1 is 1.62 bits per heavy atom. The fourth-order valence-corrected chi connectivity index (χ4v) is 3.02. The van der Waals surface area contributed by atoms with Crippen LogP contribution in [0.15, 0.2) is 17.5 Å². The molecule has 2 rings (SSSR count). The monoisotopic (exact) mass is 237 g/mol. The van der Waals surface area contributed by atoms with Crippen LogP contribution in [0, 0.1) is 0 Å². The number of nitrogens with zero attached hydrogens (tertiary/aromatic N) is 1. The summed E-state index contributed by atoms with van der Waals surface area (Å²) in [6.07, 6.45) is 4.34. The predicted molar refractivity (Wildman–Crippen MR) is 68.2 cm³/mol. The fourth-order valence-electron chi connectivity index (χ4n) is 2.33. The summed E-state index contributed by atoms with van der Waals surface area (Å²) in [7, 11) is 0. The molecule has 3 heteroatoms. The number of ketones is 1. The van der Waals surface area contributed by atoms with E-state index in [9.17, 15) is 4.79 Å². The molecule has 1 fully saturated rings. The second kappa shape index (κ2) is 5.60. The Kier molecular flexibility index (Phi) is 4.13. The molecule has 1 aromatic rings. The number of hydrogen-bond donors (Lipinski definition) is 0. The molecule has 1 unspecified atom stereocenters. The summed E-state index contributed by atoms with van der Waals surface area (Å²) in [4.78, 5) is 15.2. The second-order valence-electron chi connectivity index (χ2n) is 4.53. The maximum absolute atomic E-state index is 11.8. The minimum absolute atomic E-state index is 0.307. The first-order valence-corrected chi connectivity index (χ1v) is 6.96. The molecule has 16 heavy (non-hydrogen) atoms. The Hall–Kier alpha value is -0.670. The summed E-state index contributed by atoms with van der Waals surface area (Å²) < 4.78 is 0. The standard InChI is InChI=1S/C13H19NOS/c1-11-5-2-8-14(11)9-3-6-12(15)13-7-4-10-16-13/h4,7,10-11H,2-3,5-6,8-9H2,1H3. The van der Waals surface area contributed by atoms with Crippen LogP contribution in [0.3, 0.4) is 0 Å². The highest BCUT2D eigenvalue weighted by molar-refractivity contribution is 7.12. The van der Waals surface area contributed by atoms with Crippen molar-refractivity contribution in [1.29, 1.82) is 0 Å². The van der Waals surface area contributed by atoms with E-state index in [-0.39, 0.29) is 0 Å². The number of likely N-dealkylation sites (tertiary alicyclic amines) is 1. The molecule has 1 aliphatic rings. The lowest BCUT2D eigenvalue weighted by Gasteiger charge is -2.20. The molecule has 0 amide bonds. The third-order valence-corrected chi connectivity index (χ3v) is 4.25. The summed E-state index contributed by atoms with van der Waals surface area (Å²) in [6, 6.07) is 4.59. The van der Waals surface area contributed by atoms with Crippen LogP contribution in [-0.2, 0) is 0 Å². The molecular weight excluding hydrogens is 218 g/mol. The van der Waals surface area contributed by atoms with Gasteiger partial charge in [-0.2, -0.15) is 0 Å². The molecule has 0 aliphatic carbocycles. The van der Waals surface area contributed by atoms with Crippen LogP contribution in [0.5, 0.6) is 0 Å². The van der Waals surface area contributed by atoms with Crippen LogP contribution in [0.25, 0.3) is 0 Å². The molecule has 0 radical (unpaired) electrons. The minimum Gasteiger partial charge on any atom is -0.301 e. The number of Topliss-reactive ketones (excluding diaryl/α,β-unsaturated/α-hetero) is 1. The Morgan fingerprint density at radius 3 is 3.12 bits per heavy atom. The van der Waals surface area contributed by atoms with E-state index in [2.05, 4.69) is 11.8 Å². The zero-order chi connectivity index (χ0) is 11.4. The highest BCUT2D eigenvalue weighted by atomic mass is 32.1. The van der Waals surface area contributed by atoms with E-state index in [0.29, 0.717) is 12.2 Å².